The van der Waals surface area contributed by atoms with Gasteiger partial charge in [0.25, 0.3) is 0 Å². The number of piperazine rings is 1. The third kappa shape index (κ3) is 4.83. The van der Waals surface area contributed by atoms with Gasteiger partial charge < -0.3 is 10.2 Å². The van der Waals surface area contributed by atoms with Crippen LogP contribution in [0.4, 0.5) is 5.82 Å². The summed E-state index contributed by atoms with van der Waals surface area (Å²) in [6.45, 7) is 12.1. The number of nitrogens with one attached hydrogen (secondary N) is 1. The molecule has 1 aromatic heterocycles. The molecule has 2 unspecified atom stereocenters. The van der Waals surface area contributed by atoms with Crippen molar-refractivity contribution >= 4 is 18.2 Å². The Morgan fingerprint density at radius 2 is 2.10 bits per heavy atom. The average Bonchev–Trinajstić information content (AvgIpc) is 2.43. The molecule has 0 amide bonds. The molecule has 4 nitrogen and oxygen atoms in total. The first-order chi connectivity index (χ1) is 9.47. The first-order valence-electron chi connectivity index (χ1n) is 7.62. The molecule has 120 valence electrons. The van der Waals surface area contributed by atoms with Crippen molar-refractivity contribution < 1.29 is 0 Å². The van der Waals surface area contributed by atoms with Gasteiger partial charge in [-0.15, -0.1) is 12.4 Å². The zero-order chi connectivity index (χ0) is 14.7. The van der Waals surface area contributed by atoms with Gasteiger partial charge in [0, 0.05) is 51.0 Å². The van der Waals surface area contributed by atoms with Crippen LogP contribution >= 0.6 is 12.4 Å². The number of aromatic nitrogens is 1. The molecule has 2 rings (SSSR count). The van der Waals surface area contributed by atoms with Crippen LogP contribution in [0.1, 0.15) is 33.3 Å². The lowest BCUT2D eigenvalue weighted by molar-refractivity contribution is 0.138. The largest absolute Gasteiger partial charge is 0.357 e. The SMILES string of the molecule is CC1CN(Cc2ccc(N(C)C(C)C)nc2)C(C)CN1.Cl. The Morgan fingerprint density at radius 3 is 2.67 bits per heavy atom. The summed E-state index contributed by atoms with van der Waals surface area (Å²) in [5.41, 5.74) is 1.30. The molecule has 1 aliphatic heterocycles. The van der Waals surface area contributed by atoms with Gasteiger partial charge in [-0.05, 0) is 39.3 Å². The molecule has 1 saturated heterocycles. The Bertz CT molecular complexity index is 421. The number of halogens is 1. The lowest BCUT2D eigenvalue weighted by Gasteiger charge is -2.37. The highest BCUT2D eigenvalue weighted by Crippen LogP contribution is 2.15. The lowest BCUT2D eigenvalue weighted by atomic mass is 10.1. The van der Waals surface area contributed by atoms with Crippen LogP contribution in [0.25, 0.3) is 0 Å². The van der Waals surface area contributed by atoms with Crippen LogP contribution in [0.3, 0.4) is 0 Å². The Hall–Kier alpha value is -0.840. The van der Waals surface area contributed by atoms with Gasteiger partial charge in [-0.2, -0.15) is 0 Å². The van der Waals surface area contributed by atoms with Gasteiger partial charge in [-0.1, -0.05) is 6.07 Å². The smallest absolute Gasteiger partial charge is 0.128 e. The van der Waals surface area contributed by atoms with Gasteiger partial charge in [-0.3, -0.25) is 4.90 Å². The maximum atomic E-state index is 4.59. The van der Waals surface area contributed by atoms with E-state index >= 15 is 0 Å². The summed E-state index contributed by atoms with van der Waals surface area (Å²) in [5.74, 6) is 1.05. The minimum absolute atomic E-state index is 0. The lowest BCUT2D eigenvalue weighted by Crippen LogP contribution is -2.53. The highest BCUT2D eigenvalue weighted by molar-refractivity contribution is 5.85. The number of rotatable bonds is 4. The van der Waals surface area contributed by atoms with Gasteiger partial charge >= 0.3 is 0 Å². The molecule has 2 heterocycles. The zero-order valence-corrected chi connectivity index (χ0v) is 14.7. The third-order valence-electron chi connectivity index (χ3n) is 4.22. The van der Waals surface area contributed by atoms with Crippen LogP contribution in [0.15, 0.2) is 18.3 Å². The van der Waals surface area contributed by atoms with Crippen LogP contribution in [0.2, 0.25) is 0 Å². The molecule has 0 saturated carbocycles. The van der Waals surface area contributed by atoms with Crippen LogP contribution in [-0.4, -0.2) is 48.1 Å². The van der Waals surface area contributed by atoms with Crippen LogP contribution < -0.4 is 10.2 Å². The molecule has 0 spiro atoms. The maximum Gasteiger partial charge on any atom is 0.128 e. The summed E-state index contributed by atoms with van der Waals surface area (Å²) in [6.07, 6.45) is 2.02. The van der Waals surface area contributed by atoms with E-state index in [1.807, 2.05) is 6.20 Å². The molecule has 1 aliphatic rings. The number of hydrogen-bond donors (Lipinski definition) is 1. The van der Waals surface area contributed by atoms with E-state index < -0.39 is 0 Å². The minimum Gasteiger partial charge on any atom is -0.357 e. The monoisotopic (exact) mass is 312 g/mol. The van der Waals surface area contributed by atoms with Gasteiger partial charge in [0.15, 0.2) is 0 Å². The van der Waals surface area contributed by atoms with Crippen LogP contribution in [0, 0.1) is 0 Å². The topological polar surface area (TPSA) is 31.4 Å². The van der Waals surface area contributed by atoms with E-state index in [0.717, 1.165) is 25.5 Å². The fourth-order valence-electron chi connectivity index (χ4n) is 2.54. The molecule has 1 N–H and O–H groups in total. The highest BCUT2D eigenvalue weighted by atomic mass is 35.5. The summed E-state index contributed by atoms with van der Waals surface area (Å²) in [6, 6.07) is 5.98. The van der Waals surface area contributed by atoms with E-state index in [4.69, 9.17) is 0 Å². The standard InChI is InChI=1S/C16H28N4.ClH/c1-12(2)19(5)16-7-6-15(9-18-16)11-20-10-13(3)17-8-14(20)4;/h6-7,9,12-14,17H,8,10-11H2,1-5H3;1H. The fourth-order valence-corrected chi connectivity index (χ4v) is 2.54. The predicted octanol–water partition coefficient (Wildman–Crippen LogP) is 2.53. The van der Waals surface area contributed by atoms with Crippen molar-refractivity contribution in [3.63, 3.8) is 0 Å². The number of anilines is 1. The quantitative estimate of drug-likeness (QED) is 0.926. The molecule has 2 atom stereocenters. The summed E-state index contributed by atoms with van der Waals surface area (Å²) in [4.78, 5) is 9.32. The van der Waals surface area contributed by atoms with Crippen molar-refractivity contribution in [1.82, 2.24) is 15.2 Å². The summed E-state index contributed by atoms with van der Waals surface area (Å²) < 4.78 is 0. The van der Waals surface area contributed by atoms with E-state index in [1.54, 1.807) is 0 Å². The number of hydrogen-bond acceptors (Lipinski definition) is 4. The van der Waals surface area contributed by atoms with E-state index in [9.17, 15) is 0 Å². The Morgan fingerprint density at radius 1 is 1.38 bits per heavy atom. The maximum absolute atomic E-state index is 4.59. The molecular formula is C16H29ClN4. The molecule has 0 aliphatic carbocycles. The van der Waals surface area contributed by atoms with E-state index in [-0.39, 0.29) is 12.4 Å². The predicted molar refractivity (Wildman–Crippen MR) is 92.4 cm³/mol. The Labute approximate surface area is 135 Å². The molecule has 21 heavy (non-hydrogen) atoms. The second kappa shape index (κ2) is 7.97. The van der Waals surface area contributed by atoms with Crippen molar-refractivity contribution in [2.75, 3.05) is 25.0 Å². The van der Waals surface area contributed by atoms with Crippen LogP contribution in [-0.2, 0) is 6.54 Å². The van der Waals surface area contributed by atoms with Gasteiger partial charge in [0.2, 0.25) is 0 Å². The highest BCUT2D eigenvalue weighted by Gasteiger charge is 2.22. The van der Waals surface area contributed by atoms with Gasteiger partial charge in [0.05, 0.1) is 0 Å². The normalized spacial score (nSPS) is 23.0. The molecule has 1 fully saturated rings. The van der Waals surface area contributed by atoms with Crippen LogP contribution in [0.5, 0.6) is 0 Å². The second-order valence-corrected chi connectivity index (χ2v) is 6.32. The summed E-state index contributed by atoms with van der Waals surface area (Å²) in [7, 11) is 2.09. The first-order valence-corrected chi connectivity index (χ1v) is 7.62. The molecular weight excluding hydrogens is 284 g/mol. The number of nitrogens with zero attached hydrogens (tertiary/aromatic N) is 3. The molecule has 1 aromatic rings. The Balaban J connectivity index is 0.00000220. The minimum atomic E-state index is 0. The van der Waals surface area contributed by atoms with Gasteiger partial charge in [0.1, 0.15) is 5.82 Å². The zero-order valence-electron chi connectivity index (χ0n) is 13.8. The Kier molecular flexibility index (Phi) is 6.91. The number of pyridine rings is 1. The molecule has 0 aromatic carbocycles. The summed E-state index contributed by atoms with van der Waals surface area (Å²) >= 11 is 0. The third-order valence-corrected chi connectivity index (χ3v) is 4.22. The van der Waals surface area contributed by atoms with E-state index in [0.29, 0.717) is 18.1 Å². The molecule has 0 radical (unpaired) electrons. The van der Waals surface area contributed by atoms with Gasteiger partial charge in [-0.25, -0.2) is 4.98 Å². The van der Waals surface area contributed by atoms with Crippen molar-refractivity contribution in [2.45, 2.75) is 52.4 Å². The van der Waals surface area contributed by atoms with Crippen molar-refractivity contribution in [3.8, 4) is 0 Å². The van der Waals surface area contributed by atoms with Crippen molar-refractivity contribution in [1.29, 1.82) is 0 Å². The van der Waals surface area contributed by atoms with Crippen molar-refractivity contribution in [3.05, 3.63) is 23.9 Å². The second-order valence-electron chi connectivity index (χ2n) is 6.32. The molecule has 0 bridgehead atoms. The molecule has 5 heteroatoms. The average molecular weight is 313 g/mol. The first kappa shape index (κ1) is 18.2. The van der Waals surface area contributed by atoms with Crippen molar-refractivity contribution in [2.24, 2.45) is 0 Å². The summed E-state index contributed by atoms with van der Waals surface area (Å²) in [5, 5.41) is 3.52. The van der Waals surface area contributed by atoms with E-state index in [1.165, 1.54) is 5.56 Å². The van der Waals surface area contributed by atoms with E-state index in [2.05, 4.69) is 67.0 Å². The fraction of sp³-hybridized carbons (Fsp3) is 0.688.